The van der Waals surface area contributed by atoms with Crippen LogP contribution in [0.5, 0.6) is 0 Å². The molecule has 2 unspecified atom stereocenters. The minimum absolute atomic E-state index is 0.0989. The molecule has 2 aliphatic rings. The fourth-order valence-electron chi connectivity index (χ4n) is 8.78. The van der Waals surface area contributed by atoms with Gasteiger partial charge in [0.05, 0.1) is 18.6 Å². The number of rotatable bonds is 24. The van der Waals surface area contributed by atoms with Crippen molar-refractivity contribution in [1.82, 2.24) is 45.7 Å². The zero-order valence-corrected chi connectivity index (χ0v) is 44.2. The predicted octanol–water partition coefficient (Wildman–Crippen LogP) is 2.59. The van der Waals surface area contributed by atoms with Crippen molar-refractivity contribution in [2.24, 2.45) is 11.8 Å². The number of fused-ring (bicyclic) bond motifs is 1. The van der Waals surface area contributed by atoms with Crippen LogP contribution < -0.4 is 26.6 Å². The monoisotopic (exact) mass is 1120 g/mol. The molecule has 2 aromatic heterocycles. The van der Waals surface area contributed by atoms with E-state index in [-0.39, 0.29) is 58.9 Å². The first-order chi connectivity index (χ1) is 34.2. The van der Waals surface area contributed by atoms with Crippen molar-refractivity contribution < 1.29 is 58.4 Å². The van der Waals surface area contributed by atoms with Crippen molar-refractivity contribution in [2.45, 2.75) is 152 Å². The Morgan fingerprint density at radius 1 is 0.986 bits per heavy atom. The molecule has 0 spiro atoms. The molecular formula is C48H70IN11O12. The van der Waals surface area contributed by atoms with Crippen LogP contribution in [0.15, 0.2) is 30.6 Å². The molecule has 9 atom stereocenters. The van der Waals surface area contributed by atoms with E-state index < -0.39 is 91.5 Å². The minimum atomic E-state index is -1.61. The maximum Gasteiger partial charge on any atom is 0.410 e. The number of aliphatic hydroxyl groups excluding tert-OH is 3. The maximum atomic E-state index is 13.3. The number of halogens is 1. The summed E-state index contributed by atoms with van der Waals surface area (Å²) in [6.07, 6.45) is -1.17. The van der Waals surface area contributed by atoms with Crippen molar-refractivity contribution in [1.29, 1.82) is 0 Å². The number of hydrogen-bond acceptors (Lipinski definition) is 16. The number of carbonyl (C=O) groups is 7. The number of nitrogens with one attached hydrogen (secondary N) is 6. The molecule has 396 valence electrons. The molecule has 4 heterocycles. The number of imidazole rings is 1. The summed E-state index contributed by atoms with van der Waals surface area (Å²) in [6, 6.07) is 3.04. The molecule has 2 aliphatic heterocycles. The van der Waals surface area contributed by atoms with Crippen LogP contribution in [0.25, 0.3) is 11.2 Å². The van der Waals surface area contributed by atoms with Gasteiger partial charge in [0.15, 0.2) is 17.7 Å². The number of anilines is 2. The second-order valence-corrected chi connectivity index (χ2v) is 20.8. The van der Waals surface area contributed by atoms with Gasteiger partial charge < -0.3 is 61.3 Å². The molecule has 0 aliphatic carbocycles. The molecule has 23 nitrogen and oxygen atoms in total. The number of carbonyl (C=O) groups excluding carboxylic acids is 7. The Kier molecular flexibility index (Phi) is 20.6. The number of nitrogens with zero attached hydrogens (tertiary/aromatic N) is 5. The van der Waals surface area contributed by atoms with Gasteiger partial charge >= 0.3 is 6.09 Å². The summed E-state index contributed by atoms with van der Waals surface area (Å²) in [4.78, 5) is 110. The lowest BCUT2D eigenvalue weighted by Gasteiger charge is -2.42. The van der Waals surface area contributed by atoms with E-state index in [2.05, 4.69) is 69.1 Å². The molecule has 7 amide bonds. The van der Waals surface area contributed by atoms with Crippen LogP contribution in [0, 0.1) is 11.8 Å². The van der Waals surface area contributed by atoms with Gasteiger partial charge in [0.2, 0.25) is 35.4 Å². The zero-order chi connectivity index (χ0) is 53.0. The lowest BCUT2D eigenvalue weighted by molar-refractivity contribution is -0.185. The van der Waals surface area contributed by atoms with Gasteiger partial charge in [-0.1, -0.05) is 82.7 Å². The first kappa shape index (κ1) is 57.3. The highest BCUT2D eigenvalue weighted by atomic mass is 127. The van der Waals surface area contributed by atoms with Gasteiger partial charge in [-0.2, -0.15) is 0 Å². The number of aliphatic hydroxyl groups is 3. The summed E-state index contributed by atoms with van der Waals surface area (Å²) < 4.78 is 10.9. The van der Waals surface area contributed by atoms with E-state index in [0.717, 1.165) is 47.7 Å². The van der Waals surface area contributed by atoms with Crippen molar-refractivity contribution >= 4 is 86.8 Å². The second kappa shape index (κ2) is 25.9. The molecule has 0 saturated carbocycles. The smallest absolute Gasteiger partial charge is 0.410 e. The molecular weight excluding hydrogens is 1050 g/mol. The number of ether oxygens (including phenoxy) is 2. The quantitative estimate of drug-likeness (QED) is 0.0354. The average Bonchev–Trinajstić information content (AvgIpc) is 3.92. The molecule has 72 heavy (non-hydrogen) atoms. The number of hydrogen-bond donors (Lipinski definition) is 9. The zero-order valence-electron chi connectivity index (χ0n) is 42.1. The summed E-state index contributed by atoms with van der Waals surface area (Å²) in [5.41, 5.74) is 1.78. The number of H-pyrrole nitrogens is 1. The van der Waals surface area contributed by atoms with E-state index in [1.165, 1.54) is 20.3 Å². The fourth-order valence-corrected chi connectivity index (χ4v) is 9.80. The van der Waals surface area contributed by atoms with E-state index >= 15 is 0 Å². The molecule has 2 saturated heterocycles. The Morgan fingerprint density at radius 3 is 2.31 bits per heavy atom. The van der Waals surface area contributed by atoms with Crippen LogP contribution in [0.1, 0.15) is 111 Å². The van der Waals surface area contributed by atoms with Gasteiger partial charge in [-0.15, -0.1) is 0 Å². The number of amides is 7. The number of likely N-dealkylation sites (tertiary alicyclic amines) is 1. The Hall–Kier alpha value is -5.57. The van der Waals surface area contributed by atoms with E-state index in [1.807, 2.05) is 27.7 Å². The predicted molar refractivity (Wildman–Crippen MR) is 272 cm³/mol. The molecule has 0 radical (unpaired) electrons. The number of aromatic nitrogens is 4. The SMILES string of the molecule is CCCC(I)(CC)C1CC(=O)N(CCC(=O)N[C@H](C(=O)N[C@@H](C)C(=O)Nc2ccc(COC(=O)N(C)CC(=O)N[C@@H]3[C@@H](O)[C@H](O)[C@H](Nc4ncnc5nc(C(CC)CC)[nH]c45)O[C@H]3CO)cc2)C(C)C)C1=O. The first-order valence-corrected chi connectivity index (χ1v) is 25.6. The highest BCUT2D eigenvalue weighted by molar-refractivity contribution is 14.1. The number of benzene rings is 1. The molecule has 2 fully saturated rings. The first-order valence-electron chi connectivity index (χ1n) is 24.5. The Labute approximate surface area is 432 Å². The van der Waals surface area contributed by atoms with Crippen molar-refractivity contribution in [3.8, 4) is 0 Å². The third-order valence-electron chi connectivity index (χ3n) is 13.2. The largest absolute Gasteiger partial charge is 0.445 e. The van der Waals surface area contributed by atoms with Crippen molar-refractivity contribution in [3.63, 3.8) is 0 Å². The summed E-state index contributed by atoms with van der Waals surface area (Å²) in [7, 11) is 1.32. The summed E-state index contributed by atoms with van der Waals surface area (Å²) in [5.74, 6) is -2.66. The highest BCUT2D eigenvalue weighted by Gasteiger charge is 2.49. The number of aromatic amines is 1. The van der Waals surface area contributed by atoms with Crippen LogP contribution in [0.2, 0.25) is 0 Å². The second-order valence-electron chi connectivity index (χ2n) is 18.7. The lowest BCUT2D eigenvalue weighted by atomic mass is 9.85. The van der Waals surface area contributed by atoms with Crippen LogP contribution in [-0.2, 0) is 44.8 Å². The van der Waals surface area contributed by atoms with Crippen LogP contribution in [0.3, 0.4) is 0 Å². The van der Waals surface area contributed by atoms with Crippen molar-refractivity contribution in [3.05, 3.63) is 42.0 Å². The average molecular weight is 1120 g/mol. The normalized spacial score (nSPS) is 21.8. The van der Waals surface area contributed by atoms with Gasteiger partial charge in [-0.05, 0) is 56.2 Å². The molecule has 1 aromatic carbocycles. The standard InChI is InChI=1S/C48H70IN11O12/c1-9-18-48(49,12-4)30-20-34(64)60(46(30)69)19-17-32(62)54-35(25(5)6)44(68)52-26(7)43(67)53-29-15-13-27(14-16-29)23-71-47(70)59(8)21-33(63)55-36-31(22-61)72-45(39(66)38(36)65)58-42-37-41(50-24-51-42)57-40(56-37)28(10-2)11-3/h13-16,24-26,28,30-31,35-36,38-39,45,61,65-66H,9-12,17-23H2,1-8H3,(H,52,68)(H,53,67)(H,54,62)(H,55,63)(H2,50,51,56,57,58)/t26-,30?,31-,35-,36-,38+,39-,45+,48?/m0/s1. The lowest BCUT2D eigenvalue weighted by Crippen LogP contribution is -2.66. The van der Waals surface area contributed by atoms with Crippen LogP contribution >= 0.6 is 22.6 Å². The summed E-state index contributed by atoms with van der Waals surface area (Å²) in [5, 5.41) is 45.8. The maximum absolute atomic E-state index is 13.3. The Balaban J connectivity index is 1.04. The van der Waals surface area contributed by atoms with Gasteiger partial charge in [-0.25, -0.2) is 19.7 Å². The number of likely N-dealkylation sites (N-methyl/N-ethyl adjacent to an activating group) is 1. The van der Waals surface area contributed by atoms with Gasteiger partial charge in [-0.3, -0.25) is 33.7 Å². The van der Waals surface area contributed by atoms with E-state index in [0.29, 0.717) is 22.4 Å². The third-order valence-corrected chi connectivity index (χ3v) is 15.2. The number of alkyl halides is 1. The van der Waals surface area contributed by atoms with Crippen molar-refractivity contribution in [2.75, 3.05) is 37.4 Å². The number of imide groups is 1. The van der Waals surface area contributed by atoms with Crippen LogP contribution in [-0.4, -0.2) is 159 Å². The van der Waals surface area contributed by atoms with Gasteiger partial charge in [0, 0.05) is 41.5 Å². The van der Waals surface area contributed by atoms with Gasteiger partial charge in [0.1, 0.15) is 61.2 Å². The van der Waals surface area contributed by atoms with E-state index in [9.17, 15) is 48.9 Å². The molecule has 3 aromatic rings. The van der Waals surface area contributed by atoms with Gasteiger partial charge in [0.25, 0.3) is 0 Å². The van der Waals surface area contributed by atoms with E-state index in [1.54, 1.807) is 38.1 Å². The topological polar surface area (TPSA) is 320 Å². The molecule has 9 N–H and O–H groups in total. The fraction of sp³-hybridized carbons (Fsp3) is 0.625. The van der Waals surface area contributed by atoms with Crippen LogP contribution in [0.4, 0.5) is 16.3 Å². The minimum Gasteiger partial charge on any atom is -0.445 e. The summed E-state index contributed by atoms with van der Waals surface area (Å²) >= 11 is 2.29. The summed E-state index contributed by atoms with van der Waals surface area (Å²) in [6.45, 7) is 11.6. The van der Waals surface area contributed by atoms with E-state index in [4.69, 9.17) is 9.47 Å². The Morgan fingerprint density at radius 2 is 1.68 bits per heavy atom. The third kappa shape index (κ3) is 14.1. The molecule has 5 rings (SSSR count). The molecule has 24 heteroatoms. The molecule has 0 bridgehead atoms. The highest BCUT2D eigenvalue weighted by Crippen LogP contribution is 2.42. The Bertz CT molecular complexity index is 2380.